The molecule has 0 spiro atoms. The first kappa shape index (κ1) is 13.6. The third-order valence-corrected chi connectivity index (χ3v) is 4.08. The first-order valence-corrected chi connectivity index (χ1v) is 6.94. The van der Waals surface area contributed by atoms with Crippen molar-refractivity contribution in [3.05, 3.63) is 48.0 Å². The van der Waals surface area contributed by atoms with Gasteiger partial charge in [-0.05, 0) is 29.8 Å². The minimum absolute atomic E-state index is 0.155. The molecule has 1 aliphatic rings. The fourth-order valence-electron chi connectivity index (χ4n) is 3.04. The minimum Gasteiger partial charge on any atom is -0.493 e. The zero-order valence-corrected chi connectivity index (χ0v) is 12.8. The molecule has 0 saturated carbocycles. The summed E-state index contributed by atoms with van der Waals surface area (Å²) in [6.45, 7) is 0. The van der Waals surface area contributed by atoms with Crippen LogP contribution in [-0.4, -0.2) is 28.3 Å². The number of nitrogens with zero attached hydrogens (tertiary/aromatic N) is 2. The van der Waals surface area contributed by atoms with E-state index in [1.165, 1.54) is 16.9 Å². The summed E-state index contributed by atoms with van der Waals surface area (Å²) in [5.41, 5.74) is 3.65. The number of para-hydroxylation sites is 2. The third-order valence-electron chi connectivity index (χ3n) is 4.08. The van der Waals surface area contributed by atoms with Crippen molar-refractivity contribution in [1.82, 2.24) is 0 Å². The van der Waals surface area contributed by atoms with Crippen LogP contribution in [-0.2, 0) is 0 Å². The Labute approximate surface area is 125 Å². The number of anilines is 2. The molecule has 0 aliphatic carbocycles. The normalized spacial score (nSPS) is 14.3. The summed E-state index contributed by atoms with van der Waals surface area (Å²) in [4.78, 5) is 4.55. The predicted molar refractivity (Wildman–Crippen MR) is 85.5 cm³/mol. The number of methoxy groups -OCH3 is 2. The molecule has 0 bridgehead atoms. The second kappa shape index (κ2) is 5.20. The summed E-state index contributed by atoms with van der Waals surface area (Å²) in [7, 11) is 7.55. The molecule has 0 unspecified atom stereocenters. The maximum absolute atomic E-state index is 5.42. The Morgan fingerprint density at radius 2 is 1.38 bits per heavy atom. The minimum atomic E-state index is 0.155. The molecule has 0 fully saturated rings. The van der Waals surface area contributed by atoms with Gasteiger partial charge in [-0.25, -0.2) is 0 Å². The molecule has 0 saturated heterocycles. The van der Waals surface area contributed by atoms with Crippen LogP contribution >= 0.6 is 0 Å². The highest BCUT2D eigenvalue weighted by Gasteiger charge is 2.32. The number of ether oxygens (including phenoxy) is 2. The van der Waals surface area contributed by atoms with E-state index in [1.54, 1.807) is 14.2 Å². The standard InChI is InChI=1S/C17H20N2O2/c1-18-13-7-5-6-8-14(13)19(2)17(18)12-9-10-15(20-3)16(11-12)21-4/h5-11,17H,1-4H3. The molecule has 4 nitrogen and oxygen atoms in total. The highest BCUT2D eigenvalue weighted by Crippen LogP contribution is 2.45. The summed E-state index contributed by atoms with van der Waals surface area (Å²) in [6, 6.07) is 14.5. The van der Waals surface area contributed by atoms with Gasteiger partial charge in [0, 0.05) is 14.1 Å². The topological polar surface area (TPSA) is 24.9 Å². The first-order chi connectivity index (χ1) is 10.2. The van der Waals surface area contributed by atoms with Crippen LogP contribution in [0.1, 0.15) is 11.7 Å². The fraction of sp³-hybridized carbons (Fsp3) is 0.294. The highest BCUT2D eigenvalue weighted by molar-refractivity contribution is 5.77. The van der Waals surface area contributed by atoms with Gasteiger partial charge in [-0.3, -0.25) is 0 Å². The number of benzene rings is 2. The summed E-state index contributed by atoms with van der Waals surface area (Å²) in [5.74, 6) is 1.51. The van der Waals surface area contributed by atoms with E-state index < -0.39 is 0 Å². The van der Waals surface area contributed by atoms with Gasteiger partial charge >= 0.3 is 0 Å². The van der Waals surface area contributed by atoms with Gasteiger partial charge in [0.15, 0.2) is 11.5 Å². The van der Waals surface area contributed by atoms with Gasteiger partial charge in [0.25, 0.3) is 0 Å². The van der Waals surface area contributed by atoms with Crippen molar-refractivity contribution in [2.24, 2.45) is 0 Å². The van der Waals surface area contributed by atoms with E-state index in [2.05, 4.69) is 54.2 Å². The number of hydrogen-bond donors (Lipinski definition) is 0. The van der Waals surface area contributed by atoms with Gasteiger partial charge in [0.2, 0.25) is 0 Å². The molecule has 3 rings (SSSR count). The molecular weight excluding hydrogens is 264 g/mol. The van der Waals surface area contributed by atoms with Gasteiger partial charge in [-0.2, -0.15) is 0 Å². The SMILES string of the molecule is COc1ccc(C2N(C)c3ccccc3N2C)cc1OC. The lowest BCUT2D eigenvalue weighted by Gasteiger charge is -2.28. The van der Waals surface area contributed by atoms with Crippen molar-refractivity contribution in [3.8, 4) is 11.5 Å². The molecule has 0 atom stereocenters. The molecule has 4 heteroatoms. The number of fused-ring (bicyclic) bond motifs is 1. The van der Waals surface area contributed by atoms with E-state index in [9.17, 15) is 0 Å². The fourth-order valence-corrected chi connectivity index (χ4v) is 3.04. The average Bonchev–Trinajstić information content (AvgIpc) is 2.78. The lowest BCUT2D eigenvalue weighted by Crippen LogP contribution is -2.30. The van der Waals surface area contributed by atoms with Crippen molar-refractivity contribution < 1.29 is 9.47 Å². The molecular formula is C17H20N2O2. The van der Waals surface area contributed by atoms with E-state index in [0.29, 0.717) is 0 Å². The summed E-state index contributed by atoms with van der Waals surface area (Å²) >= 11 is 0. The van der Waals surface area contributed by atoms with E-state index >= 15 is 0 Å². The summed E-state index contributed by atoms with van der Waals surface area (Å²) in [5, 5.41) is 0. The monoisotopic (exact) mass is 284 g/mol. The summed E-state index contributed by atoms with van der Waals surface area (Å²) < 4.78 is 10.7. The van der Waals surface area contributed by atoms with Crippen molar-refractivity contribution in [2.45, 2.75) is 6.17 Å². The van der Waals surface area contributed by atoms with E-state index in [-0.39, 0.29) is 6.17 Å². The quantitative estimate of drug-likeness (QED) is 0.863. The van der Waals surface area contributed by atoms with Crippen LogP contribution in [0.5, 0.6) is 11.5 Å². The first-order valence-electron chi connectivity index (χ1n) is 6.94. The van der Waals surface area contributed by atoms with Crippen LogP contribution in [0.2, 0.25) is 0 Å². The lowest BCUT2D eigenvalue weighted by atomic mass is 10.1. The van der Waals surface area contributed by atoms with Crippen LogP contribution in [0.3, 0.4) is 0 Å². The van der Waals surface area contributed by atoms with Gasteiger partial charge < -0.3 is 19.3 Å². The molecule has 0 N–H and O–H groups in total. The van der Waals surface area contributed by atoms with Gasteiger partial charge in [-0.15, -0.1) is 0 Å². The van der Waals surface area contributed by atoms with Gasteiger partial charge in [-0.1, -0.05) is 18.2 Å². The molecule has 110 valence electrons. The van der Waals surface area contributed by atoms with Crippen molar-refractivity contribution in [2.75, 3.05) is 38.1 Å². The number of rotatable bonds is 3. The Balaban J connectivity index is 2.02. The van der Waals surface area contributed by atoms with Crippen molar-refractivity contribution in [1.29, 1.82) is 0 Å². The molecule has 0 amide bonds. The third kappa shape index (κ3) is 2.07. The Morgan fingerprint density at radius 1 is 0.810 bits per heavy atom. The van der Waals surface area contributed by atoms with E-state index in [1.807, 2.05) is 12.1 Å². The van der Waals surface area contributed by atoms with Crippen molar-refractivity contribution >= 4 is 11.4 Å². The summed E-state index contributed by atoms with van der Waals surface area (Å²) in [6.07, 6.45) is 0.155. The molecule has 1 heterocycles. The molecule has 21 heavy (non-hydrogen) atoms. The Bertz CT molecular complexity index is 628. The van der Waals surface area contributed by atoms with Crippen LogP contribution in [0.25, 0.3) is 0 Å². The molecule has 2 aromatic carbocycles. The zero-order valence-electron chi connectivity index (χ0n) is 12.8. The highest BCUT2D eigenvalue weighted by atomic mass is 16.5. The largest absolute Gasteiger partial charge is 0.493 e. The molecule has 2 aromatic rings. The van der Waals surface area contributed by atoms with Crippen LogP contribution in [0, 0.1) is 0 Å². The van der Waals surface area contributed by atoms with Crippen LogP contribution < -0.4 is 19.3 Å². The Morgan fingerprint density at radius 3 is 1.90 bits per heavy atom. The van der Waals surface area contributed by atoms with Crippen LogP contribution in [0.15, 0.2) is 42.5 Å². The average molecular weight is 284 g/mol. The lowest BCUT2D eigenvalue weighted by molar-refractivity contribution is 0.354. The maximum Gasteiger partial charge on any atom is 0.161 e. The molecule has 1 aliphatic heterocycles. The van der Waals surface area contributed by atoms with Gasteiger partial charge in [0.05, 0.1) is 25.6 Å². The zero-order chi connectivity index (χ0) is 15.0. The number of hydrogen-bond acceptors (Lipinski definition) is 4. The predicted octanol–water partition coefficient (Wildman–Crippen LogP) is 3.29. The van der Waals surface area contributed by atoms with E-state index in [4.69, 9.17) is 9.47 Å². The Kier molecular flexibility index (Phi) is 3.37. The second-order valence-corrected chi connectivity index (χ2v) is 5.20. The second-order valence-electron chi connectivity index (χ2n) is 5.20. The van der Waals surface area contributed by atoms with E-state index in [0.717, 1.165) is 11.5 Å². The van der Waals surface area contributed by atoms with Gasteiger partial charge in [0.1, 0.15) is 6.17 Å². The smallest absolute Gasteiger partial charge is 0.161 e. The molecule has 0 aromatic heterocycles. The maximum atomic E-state index is 5.42. The van der Waals surface area contributed by atoms with Crippen molar-refractivity contribution in [3.63, 3.8) is 0 Å². The Hall–Kier alpha value is -2.36. The van der Waals surface area contributed by atoms with Crippen LogP contribution in [0.4, 0.5) is 11.4 Å². The molecule has 0 radical (unpaired) electrons.